The molecule has 0 aromatic carbocycles. The molecule has 3 unspecified atom stereocenters. The lowest BCUT2D eigenvalue weighted by Crippen LogP contribution is -2.38. The van der Waals surface area contributed by atoms with Gasteiger partial charge in [-0.15, -0.1) is 11.3 Å². The summed E-state index contributed by atoms with van der Waals surface area (Å²) in [7, 11) is 0. The van der Waals surface area contributed by atoms with E-state index >= 15 is 0 Å². The first-order chi connectivity index (χ1) is 9.27. The predicted molar refractivity (Wildman–Crippen MR) is 74.8 cm³/mol. The van der Waals surface area contributed by atoms with Crippen LogP contribution in [0.25, 0.3) is 0 Å². The van der Waals surface area contributed by atoms with Gasteiger partial charge >= 0.3 is 6.18 Å². The molecule has 3 atom stereocenters. The maximum Gasteiger partial charge on any atom is 0.391 e. The minimum atomic E-state index is -4.08. The van der Waals surface area contributed by atoms with E-state index in [0.717, 1.165) is 22.0 Å². The van der Waals surface area contributed by atoms with Crippen molar-refractivity contribution < 1.29 is 13.2 Å². The molecule has 20 heavy (non-hydrogen) atoms. The van der Waals surface area contributed by atoms with Crippen molar-refractivity contribution >= 4 is 11.3 Å². The van der Waals surface area contributed by atoms with Crippen molar-refractivity contribution in [3.63, 3.8) is 0 Å². The number of hydrogen-bond donors (Lipinski definition) is 1. The molecule has 1 aliphatic rings. The average Bonchev–Trinajstić information content (AvgIpc) is 2.67. The molecule has 2 nitrogen and oxygen atoms in total. The predicted octanol–water partition coefficient (Wildman–Crippen LogP) is 4.00. The topological polar surface area (TPSA) is 38.9 Å². The number of hydrogen-bond acceptors (Lipinski definition) is 3. The fourth-order valence-corrected chi connectivity index (χ4v) is 3.91. The van der Waals surface area contributed by atoms with Gasteiger partial charge in [0.2, 0.25) is 0 Å². The summed E-state index contributed by atoms with van der Waals surface area (Å²) in [6.45, 7) is 3.95. The highest BCUT2D eigenvalue weighted by Gasteiger charge is 2.43. The van der Waals surface area contributed by atoms with Crippen molar-refractivity contribution in [2.45, 2.75) is 58.2 Å². The highest BCUT2D eigenvalue weighted by Crippen LogP contribution is 2.41. The van der Waals surface area contributed by atoms with Crippen molar-refractivity contribution in [1.82, 2.24) is 4.98 Å². The first kappa shape index (κ1) is 15.8. The number of aryl methyl sites for hydroxylation is 2. The SMILES string of the molecule is Cc1nc(CC(N)C2CCCC(C(F)(F)F)C2)sc1C. The summed E-state index contributed by atoms with van der Waals surface area (Å²) in [5.41, 5.74) is 7.14. The number of nitrogens with two attached hydrogens (primary N) is 1. The Morgan fingerprint density at radius 3 is 2.60 bits per heavy atom. The molecular formula is C14H21F3N2S. The van der Waals surface area contributed by atoms with E-state index in [1.54, 1.807) is 11.3 Å². The van der Waals surface area contributed by atoms with E-state index in [4.69, 9.17) is 5.73 Å². The minimum absolute atomic E-state index is 0.0418. The lowest BCUT2D eigenvalue weighted by atomic mass is 9.77. The van der Waals surface area contributed by atoms with Crippen molar-refractivity contribution in [3.8, 4) is 0 Å². The molecule has 2 N–H and O–H groups in total. The highest BCUT2D eigenvalue weighted by molar-refractivity contribution is 7.11. The molecule has 6 heteroatoms. The van der Waals surface area contributed by atoms with Crippen LogP contribution in [0.1, 0.15) is 41.3 Å². The lowest BCUT2D eigenvalue weighted by molar-refractivity contribution is -0.186. The largest absolute Gasteiger partial charge is 0.391 e. The molecule has 0 saturated heterocycles. The van der Waals surface area contributed by atoms with E-state index in [-0.39, 0.29) is 24.8 Å². The van der Waals surface area contributed by atoms with E-state index in [1.807, 2.05) is 13.8 Å². The number of nitrogens with zero attached hydrogens (tertiary/aromatic N) is 1. The summed E-state index contributed by atoms with van der Waals surface area (Å²) in [5.74, 6) is -1.22. The number of halogens is 3. The Kier molecular flexibility index (Phi) is 4.74. The zero-order valence-electron chi connectivity index (χ0n) is 11.8. The maximum atomic E-state index is 12.8. The smallest absolute Gasteiger partial charge is 0.327 e. The number of aromatic nitrogens is 1. The quantitative estimate of drug-likeness (QED) is 0.917. The minimum Gasteiger partial charge on any atom is -0.327 e. The van der Waals surface area contributed by atoms with Gasteiger partial charge in [-0.2, -0.15) is 13.2 Å². The number of alkyl halides is 3. The molecule has 0 bridgehead atoms. The van der Waals surface area contributed by atoms with Crippen LogP contribution in [-0.4, -0.2) is 17.2 Å². The van der Waals surface area contributed by atoms with Gasteiger partial charge < -0.3 is 5.73 Å². The Balaban J connectivity index is 1.96. The molecule has 0 spiro atoms. The normalized spacial score (nSPS) is 25.7. The Bertz CT molecular complexity index is 436. The monoisotopic (exact) mass is 306 g/mol. The molecule has 1 fully saturated rings. The van der Waals surface area contributed by atoms with Gasteiger partial charge in [0.25, 0.3) is 0 Å². The van der Waals surface area contributed by atoms with Gasteiger partial charge in [0.1, 0.15) is 0 Å². The molecule has 2 rings (SSSR count). The van der Waals surface area contributed by atoms with E-state index in [1.165, 1.54) is 0 Å². The zero-order chi connectivity index (χ0) is 14.9. The molecule has 114 valence electrons. The molecule has 1 saturated carbocycles. The van der Waals surface area contributed by atoms with E-state index in [0.29, 0.717) is 12.8 Å². The second-order valence-electron chi connectivity index (χ2n) is 5.78. The summed E-state index contributed by atoms with van der Waals surface area (Å²) in [5, 5.41) is 0.946. The van der Waals surface area contributed by atoms with Gasteiger partial charge in [-0.25, -0.2) is 4.98 Å². The van der Waals surface area contributed by atoms with Crippen molar-refractivity contribution in [2.75, 3.05) is 0 Å². The third-order valence-corrected chi connectivity index (χ3v) is 5.36. The second-order valence-corrected chi connectivity index (χ2v) is 7.07. The van der Waals surface area contributed by atoms with E-state index in [2.05, 4.69) is 4.98 Å². The van der Waals surface area contributed by atoms with Crippen LogP contribution in [0.15, 0.2) is 0 Å². The molecule has 0 amide bonds. The van der Waals surface area contributed by atoms with Gasteiger partial charge in [-0.1, -0.05) is 6.42 Å². The third-order valence-electron chi connectivity index (χ3n) is 4.27. The van der Waals surface area contributed by atoms with Gasteiger partial charge in [-0.05, 0) is 39.0 Å². The van der Waals surface area contributed by atoms with Gasteiger partial charge in [0.05, 0.1) is 16.6 Å². The van der Waals surface area contributed by atoms with Crippen molar-refractivity contribution in [2.24, 2.45) is 17.6 Å². The van der Waals surface area contributed by atoms with Gasteiger partial charge in [0.15, 0.2) is 0 Å². The van der Waals surface area contributed by atoms with Crippen LogP contribution in [0, 0.1) is 25.7 Å². The summed E-state index contributed by atoms with van der Waals surface area (Å²) < 4.78 is 38.4. The zero-order valence-corrected chi connectivity index (χ0v) is 12.7. The Hall–Kier alpha value is -0.620. The van der Waals surface area contributed by atoms with Crippen LogP contribution in [0.5, 0.6) is 0 Å². The summed E-state index contributed by atoms with van der Waals surface area (Å²) in [6.07, 6.45) is -1.63. The average molecular weight is 306 g/mol. The summed E-state index contributed by atoms with van der Waals surface area (Å²) in [4.78, 5) is 5.59. The molecule has 1 aliphatic carbocycles. The summed E-state index contributed by atoms with van der Waals surface area (Å²) in [6, 6.07) is -0.218. The number of rotatable bonds is 3. The van der Waals surface area contributed by atoms with Crippen LogP contribution >= 0.6 is 11.3 Å². The second kappa shape index (κ2) is 6.02. The molecule has 1 heterocycles. The molecule has 0 radical (unpaired) electrons. The van der Waals surface area contributed by atoms with E-state index in [9.17, 15) is 13.2 Å². The Morgan fingerprint density at radius 1 is 1.35 bits per heavy atom. The third kappa shape index (κ3) is 3.73. The van der Waals surface area contributed by atoms with Crippen LogP contribution in [0.3, 0.4) is 0 Å². The molecule has 1 aromatic heterocycles. The van der Waals surface area contributed by atoms with Crippen LogP contribution < -0.4 is 5.73 Å². The van der Waals surface area contributed by atoms with Crippen molar-refractivity contribution in [1.29, 1.82) is 0 Å². The van der Waals surface area contributed by atoms with Gasteiger partial charge in [0, 0.05) is 17.3 Å². The summed E-state index contributed by atoms with van der Waals surface area (Å²) >= 11 is 1.60. The Labute approximate surface area is 121 Å². The van der Waals surface area contributed by atoms with Crippen LogP contribution in [0.4, 0.5) is 13.2 Å². The lowest BCUT2D eigenvalue weighted by Gasteiger charge is -2.33. The fraction of sp³-hybridized carbons (Fsp3) is 0.786. The molecule has 1 aromatic rings. The first-order valence-corrected chi connectivity index (χ1v) is 7.84. The maximum absolute atomic E-state index is 12.8. The van der Waals surface area contributed by atoms with Crippen LogP contribution in [0.2, 0.25) is 0 Å². The van der Waals surface area contributed by atoms with E-state index < -0.39 is 12.1 Å². The van der Waals surface area contributed by atoms with Gasteiger partial charge in [-0.3, -0.25) is 0 Å². The Morgan fingerprint density at radius 2 is 2.05 bits per heavy atom. The molecule has 0 aliphatic heterocycles. The first-order valence-electron chi connectivity index (χ1n) is 7.02. The van der Waals surface area contributed by atoms with Crippen molar-refractivity contribution in [3.05, 3.63) is 15.6 Å². The number of thiazole rings is 1. The standard InChI is InChI=1S/C14H21F3N2S/c1-8-9(2)20-13(19-8)7-12(18)10-4-3-5-11(6-10)14(15,16)17/h10-12H,3-7,18H2,1-2H3. The highest BCUT2D eigenvalue weighted by atomic mass is 32.1. The fourth-order valence-electron chi connectivity index (χ4n) is 2.91. The van der Waals surface area contributed by atoms with Crippen LogP contribution in [-0.2, 0) is 6.42 Å². The molecular weight excluding hydrogens is 285 g/mol.